The van der Waals surface area contributed by atoms with Gasteiger partial charge in [-0.1, -0.05) is 247 Å². The summed E-state index contributed by atoms with van der Waals surface area (Å²) in [6.07, 6.45) is 3.73. The Hall–Kier alpha value is -6.87. The molecular formula is C64H70N2O2Si2. The van der Waals surface area contributed by atoms with Crippen LogP contribution in [0.4, 0.5) is 0 Å². The first-order chi connectivity index (χ1) is 33.5. The molecule has 0 aliphatic rings. The largest absolute Gasteiger partial charge is 0.507 e. The number of phenolic OH excluding ortho intramolecular Hbond substituents is 2. The van der Waals surface area contributed by atoms with Crippen molar-refractivity contribution < 1.29 is 10.2 Å². The maximum absolute atomic E-state index is 11.9. The quantitative estimate of drug-likeness (QED) is 0.0728. The van der Waals surface area contributed by atoms with E-state index in [1.165, 1.54) is 31.1 Å². The molecule has 2 N–H and O–H groups in total. The number of hydrogen-bond acceptors (Lipinski definition) is 4. The summed E-state index contributed by atoms with van der Waals surface area (Å²) in [5, 5.41) is 33.2. The molecule has 8 aromatic rings. The molecule has 0 saturated carbocycles. The second kappa shape index (κ2) is 21.8. The molecule has 0 unspecified atom stereocenters. The van der Waals surface area contributed by atoms with Gasteiger partial charge in [-0.25, -0.2) is 0 Å². The lowest BCUT2D eigenvalue weighted by Gasteiger charge is -2.35. The van der Waals surface area contributed by atoms with Crippen molar-refractivity contribution in [3.8, 4) is 11.5 Å². The Morgan fingerprint density at radius 3 is 0.786 bits per heavy atom. The van der Waals surface area contributed by atoms with Crippen LogP contribution in [-0.4, -0.2) is 50.9 Å². The molecule has 70 heavy (non-hydrogen) atoms. The molecule has 0 aliphatic carbocycles. The summed E-state index contributed by atoms with van der Waals surface area (Å²) < 4.78 is 0. The summed E-state index contributed by atoms with van der Waals surface area (Å²) in [6, 6.07) is 72.8. The number of aliphatic imine (C=N–C) groups is 2. The Kier molecular flexibility index (Phi) is 15.9. The molecule has 0 radical (unpaired) electrons. The van der Waals surface area contributed by atoms with Crippen molar-refractivity contribution in [2.24, 2.45) is 20.8 Å². The minimum Gasteiger partial charge on any atom is -0.507 e. The fraction of sp³-hybridized carbons (Fsp3) is 0.219. The SMILES string of the molecule is Cc1cc(C=N[C@H](C)C(C)(C)C)c(O)c([Si](c2ccccc2)(c2ccccc2)c2ccccc2)c1.Cc1cc(C=N[C@H](C)C(C)(C)C)c(O)c([Si](c2ccccc2)(c2ccccc2)c2ccccc2)c1. The molecule has 0 aliphatic heterocycles. The molecule has 4 nitrogen and oxygen atoms in total. The van der Waals surface area contributed by atoms with Crippen LogP contribution >= 0.6 is 0 Å². The standard InChI is InChI=1S/2C32H35NOSi/c2*1-24-21-26(23-33-25(2)32(3,4)5)31(34)30(22-24)35(27-15-9-6-10-16-27,28-17-11-7-12-18-28)29-19-13-8-14-20-29/h2*6-23,25,34H,1-5H3/t2*25-/m11/s1. The maximum atomic E-state index is 11.9. The van der Waals surface area contributed by atoms with Gasteiger partial charge in [-0.15, -0.1) is 0 Å². The van der Waals surface area contributed by atoms with Crippen molar-refractivity contribution in [3.05, 3.63) is 229 Å². The number of nitrogens with zero attached hydrogens (tertiary/aromatic N) is 2. The molecular weight excluding hydrogens is 885 g/mol. The molecule has 6 heteroatoms. The highest BCUT2D eigenvalue weighted by atomic mass is 28.3. The monoisotopic (exact) mass is 954 g/mol. The minimum atomic E-state index is -2.81. The molecule has 8 rings (SSSR count). The highest BCUT2D eigenvalue weighted by Gasteiger charge is 2.45. The Bertz CT molecular complexity index is 2600. The predicted molar refractivity (Wildman–Crippen MR) is 306 cm³/mol. The van der Waals surface area contributed by atoms with Gasteiger partial charge in [-0.2, -0.15) is 0 Å². The smallest absolute Gasteiger partial charge is 0.183 e. The van der Waals surface area contributed by atoms with Gasteiger partial charge >= 0.3 is 0 Å². The zero-order chi connectivity index (χ0) is 50.1. The molecule has 0 saturated heterocycles. The van der Waals surface area contributed by atoms with E-state index in [1.807, 2.05) is 24.6 Å². The maximum Gasteiger partial charge on any atom is 0.183 e. The van der Waals surface area contributed by atoms with E-state index < -0.39 is 16.1 Å². The van der Waals surface area contributed by atoms with Crippen molar-refractivity contribution in [2.75, 3.05) is 0 Å². The molecule has 0 aromatic heterocycles. The van der Waals surface area contributed by atoms with Gasteiger partial charge in [-0.05, 0) is 92.2 Å². The molecule has 0 bridgehead atoms. The first-order valence-corrected chi connectivity index (χ1v) is 28.6. The van der Waals surface area contributed by atoms with Crippen LogP contribution in [0.5, 0.6) is 11.5 Å². The number of rotatable bonds is 12. The van der Waals surface area contributed by atoms with Crippen LogP contribution in [0.2, 0.25) is 0 Å². The van der Waals surface area contributed by atoms with E-state index in [2.05, 4.69) is 263 Å². The second-order valence-electron chi connectivity index (χ2n) is 20.8. The number of benzene rings is 8. The molecule has 0 heterocycles. The van der Waals surface area contributed by atoms with Crippen molar-refractivity contribution in [3.63, 3.8) is 0 Å². The van der Waals surface area contributed by atoms with Crippen LogP contribution in [0.15, 0.2) is 216 Å². The van der Waals surface area contributed by atoms with Crippen LogP contribution < -0.4 is 41.5 Å². The van der Waals surface area contributed by atoms with Gasteiger partial charge in [0.25, 0.3) is 0 Å². The zero-order valence-electron chi connectivity index (χ0n) is 42.7. The van der Waals surface area contributed by atoms with Gasteiger partial charge in [0.2, 0.25) is 0 Å². The van der Waals surface area contributed by atoms with E-state index in [0.29, 0.717) is 11.5 Å². The highest BCUT2D eigenvalue weighted by molar-refractivity contribution is 7.21. The van der Waals surface area contributed by atoms with Crippen molar-refractivity contribution in [2.45, 2.75) is 81.3 Å². The summed E-state index contributed by atoms with van der Waals surface area (Å²) in [4.78, 5) is 9.68. The average molecular weight is 955 g/mol. The third-order valence-corrected chi connectivity index (χ3v) is 23.6. The highest BCUT2D eigenvalue weighted by Crippen LogP contribution is 2.26. The number of phenols is 2. The Morgan fingerprint density at radius 2 is 0.586 bits per heavy atom. The van der Waals surface area contributed by atoms with E-state index in [9.17, 15) is 10.2 Å². The van der Waals surface area contributed by atoms with Crippen molar-refractivity contribution in [1.82, 2.24) is 0 Å². The minimum absolute atomic E-state index is 0.0510. The summed E-state index contributed by atoms with van der Waals surface area (Å²) in [6.45, 7) is 21.6. The van der Waals surface area contributed by atoms with Gasteiger partial charge in [-0.3, -0.25) is 9.98 Å². The lowest BCUT2D eigenvalue weighted by Crippen LogP contribution is -2.74. The predicted octanol–water partition coefficient (Wildman–Crippen LogP) is 9.86. The van der Waals surface area contributed by atoms with Crippen LogP contribution in [0.25, 0.3) is 0 Å². The molecule has 356 valence electrons. The van der Waals surface area contributed by atoms with E-state index in [0.717, 1.165) is 32.6 Å². The third-order valence-electron chi connectivity index (χ3n) is 14.0. The first kappa shape index (κ1) is 51.0. The van der Waals surface area contributed by atoms with Crippen LogP contribution in [0.3, 0.4) is 0 Å². The van der Waals surface area contributed by atoms with E-state index in [4.69, 9.17) is 9.98 Å². The summed E-state index contributed by atoms with van der Waals surface area (Å²) in [5.74, 6) is 0.646. The Morgan fingerprint density at radius 1 is 0.371 bits per heavy atom. The molecule has 0 amide bonds. The lowest BCUT2D eigenvalue weighted by atomic mass is 9.88. The van der Waals surface area contributed by atoms with Crippen LogP contribution in [0.1, 0.15) is 77.6 Å². The fourth-order valence-corrected chi connectivity index (χ4v) is 19.2. The van der Waals surface area contributed by atoms with Crippen LogP contribution in [-0.2, 0) is 0 Å². The summed E-state index contributed by atoms with van der Waals surface area (Å²) >= 11 is 0. The molecule has 2 atom stereocenters. The second-order valence-corrected chi connectivity index (χ2v) is 28.4. The fourth-order valence-electron chi connectivity index (χ4n) is 9.28. The average Bonchev–Trinajstić information content (AvgIpc) is 3.36. The normalized spacial score (nSPS) is 13.2. The lowest BCUT2D eigenvalue weighted by molar-refractivity contribution is 0.342. The van der Waals surface area contributed by atoms with Gasteiger partial charge in [0.1, 0.15) is 11.5 Å². The van der Waals surface area contributed by atoms with E-state index in [-0.39, 0.29) is 22.9 Å². The van der Waals surface area contributed by atoms with Gasteiger partial charge in [0, 0.05) is 23.6 Å². The molecule has 8 aromatic carbocycles. The van der Waals surface area contributed by atoms with Gasteiger partial charge in [0.15, 0.2) is 16.1 Å². The van der Waals surface area contributed by atoms with E-state index in [1.54, 1.807) is 0 Å². The molecule has 0 fully saturated rings. The van der Waals surface area contributed by atoms with E-state index >= 15 is 0 Å². The van der Waals surface area contributed by atoms with Gasteiger partial charge < -0.3 is 10.2 Å². The zero-order valence-corrected chi connectivity index (χ0v) is 44.7. The summed E-state index contributed by atoms with van der Waals surface area (Å²) in [5.41, 5.74) is 3.88. The number of aromatic hydroxyl groups is 2. The van der Waals surface area contributed by atoms with Crippen molar-refractivity contribution >= 4 is 70.1 Å². The van der Waals surface area contributed by atoms with Crippen molar-refractivity contribution in [1.29, 1.82) is 0 Å². The van der Waals surface area contributed by atoms with Crippen LogP contribution in [0, 0.1) is 24.7 Å². The molecule has 0 spiro atoms. The third kappa shape index (κ3) is 10.8. The number of aryl methyl sites for hydroxylation is 2. The first-order valence-electron chi connectivity index (χ1n) is 24.6. The Balaban J connectivity index is 0.000000206. The summed E-state index contributed by atoms with van der Waals surface area (Å²) in [7, 11) is -5.62. The number of hydrogen-bond donors (Lipinski definition) is 2. The topological polar surface area (TPSA) is 65.2 Å². The van der Waals surface area contributed by atoms with Gasteiger partial charge in [0.05, 0.1) is 12.1 Å². The Labute approximate surface area is 420 Å².